The molecule has 2 unspecified atom stereocenters. The van der Waals surface area contributed by atoms with Crippen LogP contribution in [0, 0.1) is 5.92 Å². The molecule has 74 valence electrons. The lowest BCUT2D eigenvalue weighted by Gasteiger charge is -2.23. The van der Waals surface area contributed by atoms with Gasteiger partial charge in [-0.15, -0.1) is 0 Å². The van der Waals surface area contributed by atoms with Crippen molar-refractivity contribution in [3.8, 4) is 0 Å². The van der Waals surface area contributed by atoms with Crippen LogP contribution in [0.1, 0.15) is 39.0 Å². The van der Waals surface area contributed by atoms with Gasteiger partial charge in [-0.05, 0) is 39.2 Å². The average Bonchev–Trinajstić information content (AvgIpc) is 2.65. The SMILES string of the molecule is CC1CCCN1CC1CCCC1=O. The predicted octanol–water partition coefficient (Wildman–Crippen LogP) is 1.84. The van der Waals surface area contributed by atoms with E-state index in [4.69, 9.17) is 0 Å². The van der Waals surface area contributed by atoms with Crippen molar-refractivity contribution >= 4 is 5.78 Å². The minimum atomic E-state index is 0.376. The zero-order valence-electron chi connectivity index (χ0n) is 8.46. The van der Waals surface area contributed by atoms with Crippen molar-refractivity contribution in [1.82, 2.24) is 4.90 Å². The molecule has 2 rings (SSSR count). The highest BCUT2D eigenvalue weighted by atomic mass is 16.1. The maximum atomic E-state index is 11.4. The van der Waals surface area contributed by atoms with Gasteiger partial charge in [0.2, 0.25) is 0 Å². The summed E-state index contributed by atoms with van der Waals surface area (Å²) in [5.41, 5.74) is 0. The highest BCUT2D eigenvalue weighted by Gasteiger charge is 2.29. The third kappa shape index (κ3) is 1.93. The van der Waals surface area contributed by atoms with Gasteiger partial charge in [0.05, 0.1) is 0 Å². The number of Topliss-reactive ketones (excluding diaryl/α,β-unsaturated/α-hetero) is 1. The van der Waals surface area contributed by atoms with E-state index < -0.39 is 0 Å². The van der Waals surface area contributed by atoms with Crippen molar-refractivity contribution in [3.63, 3.8) is 0 Å². The van der Waals surface area contributed by atoms with Crippen molar-refractivity contribution in [2.75, 3.05) is 13.1 Å². The molecule has 2 nitrogen and oxygen atoms in total. The molecule has 2 atom stereocenters. The van der Waals surface area contributed by atoms with Crippen LogP contribution in [-0.4, -0.2) is 29.8 Å². The molecule has 1 heterocycles. The predicted molar refractivity (Wildman–Crippen MR) is 52.6 cm³/mol. The summed E-state index contributed by atoms with van der Waals surface area (Å²) < 4.78 is 0. The molecule has 0 aromatic rings. The second-order valence-electron chi connectivity index (χ2n) is 4.54. The lowest BCUT2D eigenvalue weighted by atomic mass is 10.1. The fourth-order valence-corrected chi connectivity index (χ4v) is 2.63. The van der Waals surface area contributed by atoms with Gasteiger partial charge in [0, 0.05) is 24.9 Å². The number of likely N-dealkylation sites (tertiary alicyclic amines) is 1. The summed E-state index contributed by atoms with van der Waals surface area (Å²) in [7, 11) is 0. The van der Waals surface area contributed by atoms with E-state index in [0.29, 0.717) is 17.7 Å². The molecule has 0 N–H and O–H groups in total. The van der Waals surface area contributed by atoms with E-state index in [1.807, 2.05) is 0 Å². The van der Waals surface area contributed by atoms with Crippen LogP contribution in [0.2, 0.25) is 0 Å². The van der Waals surface area contributed by atoms with Gasteiger partial charge in [0.1, 0.15) is 5.78 Å². The number of rotatable bonds is 2. The Labute approximate surface area is 80.3 Å². The molecule has 0 spiro atoms. The number of hydrogen-bond acceptors (Lipinski definition) is 2. The summed E-state index contributed by atoms with van der Waals surface area (Å²) in [4.78, 5) is 13.9. The molecule has 0 amide bonds. The normalized spacial score (nSPS) is 35.9. The van der Waals surface area contributed by atoms with E-state index in [-0.39, 0.29) is 0 Å². The Kier molecular flexibility index (Phi) is 2.68. The van der Waals surface area contributed by atoms with Gasteiger partial charge in [-0.1, -0.05) is 0 Å². The number of hydrogen-bond donors (Lipinski definition) is 0. The van der Waals surface area contributed by atoms with E-state index in [1.54, 1.807) is 0 Å². The lowest BCUT2D eigenvalue weighted by Crippen LogP contribution is -2.33. The molecule has 1 aliphatic carbocycles. The number of nitrogens with zero attached hydrogens (tertiary/aromatic N) is 1. The van der Waals surface area contributed by atoms with Gasteiger partial charge >= 0.3 is 0 Å². The first-order valence-electron chi connectivity index (χ1n) is 5.54. The number of carbonyl (C=O) groups is 1. The Morgan fingerprint density at radius 2 is 2.23 bits per heavy atom. The molecule has 2 aliphatic rings. The highest BCUT2D eigenvalue weighted by Crippen LogP contribution is 2.25. The smallest absolute Gasteiger partial charge is 0.137 e. The second kappa shape index (κ2) is 3.79. The lowest BCUT2D eigenvalue weighted by molar-refractivity contribution is -0.121. The van der Waals surface area contributed by atoms with Crippen molar-refractivity contribution in [2.45, 2.75) is 45.1 Å². The largest absolute Gasteiger partial charge is 0.300 e. The molecule has 1 aliphatic heterocycles. The van der Waals surface area contributed by atoms with Crippen LogP contribution in [-0.2, 0) is 4.79 Å². The molecule has 2 heteroatoms. The van der Waals surface area contributed by atoms with E-state index in [0.717, 1.165) is 25.8 Å². The summed E-state index contributed by atoms with van der Waals surface area (Å²) in [6.45, 7) is 4.54. The third-order valence-corrected chi connectivity index (χ3v) is 3.58. The van der Waals surface area contributed by atoms with Crippen molar-refractivity contribution < 1.29 is 4.79 Å². The summed E-state index contributed by atoms with van der Waals surface area (Å²) in [6, 6.07) is 0.716. The van der Waals surface area contributed by atoms with Crippen molar-refractivity contribution in [1.29, 1.82) is 0 Å². The Morgan fingerprint density at radius 1 is 1.38 bits per heavy atom. The quantitative estimate of drug-likeness (QED) is 0.648. The van der Waals surface area contributed by atoms with Crippen LogP contribution in [0.4, 0.5) is 0 Å². The molecular formula is C11H19NO. The summed E-state index contributed by atoms with van der Waals surface area (Å²) in [5.74, 6) is 0.889. The van der Waals surface area contributed by atoms with E-state index in [2.05, 4.69) is 11.8 Å². The molecule has 0 aromatic carbocycles. The molecule has 0 bridgehead atoms. The first-order chi connectivity index (χ1) is 6.27. The minimum Gasteiger partial charge on any atom is -0.300 e. The topological polar surface area (TPSA) is 20.3 Å². The average molecular weight is 181 g/mol. The summed E-state index contributed by atoms with van der Waals surface area (Å²) in [5, 5.41) is 0. The first kappa shape index (κ1) is 9.20. The molecule has 1 saturated carbocycles. The first-order valence-corrected chi connectivity index (χ1v) is 5.54. The minimum absolute atomic E-state index is 0.376. The van der Waals surface area contributed by atoms with Crippen LogP contribution >= 0.6 is 0 Å². The Morgan fingerprint density at radius 3 is 2.77 bits per heavy atom. The van der Waals surface area contributed by atoms with Crippen molar-refractivity contribution in [3.05, 3.63) is 0 Å². The maximum absolute atomic E-state index is 11.4. The Hall–Kier alpha value is -0.370. The molecule has 0 radical (unpaired) electrons. The van der Waals surface area contributed by atoms with Gasteiger partial charge in [-0.2, -0.15) is 0 Å². The second-order valence-corrected chi connectivity index (χ2v) is 4.54. The van der Waals surface area contributed by atoms with Crippen LogP contribution in [0.3, 0.4) is 0 Å². The van der Waals surface area contributed by atoms with E-state index in [1.165, 1.54) is 19.4 Å². The standard InChI is InChI=1S/C11H19NO/c1-9-4-3-7-12(9)8-10-5-2-6-11(10)13/h9-10H,2-8H2,1H3. The van der Waals surface area contributed by atoms with Gasteiger partial charge in [-0.25, -0.2) is 0 Å². The van der Waals surface area contributed by atoms with Gasteiger partial charge < -0.3 is 0 Å². The fraction of sp³-hybridized carbons (Fsp3) is 0.909. The molecule has 0 aromatic heterocycles. The maximum Gasteiger partial charge on any atom is 0.137 e. The fourth-order valence-electron chi connectivity index (χ4n) is 2.63. The van der Waals surface area contributed by atoms with E-state index >= 15 is 0 Å². The van der Waals surface area contributed by atoms with Crippen molar-refractivity contribution in [2.24, 2.45) is 5.92 Å². The van der Waals surface area contributed by atoms with Gasteiger partial charge in [0.25, 0.3) is 0 Å². The monoisotopic (exact) mass is 181 g/mol. The number of ketones is 1. The molecule has 1 saturated heterocycles. The van der Waals surface area contributed by atoms with Crippen LogP contribution < -0.4 is 0 Å². The van der Waals surface area contributed by atoms with Gasteiger partial charge in [0.15, 0.2) is 0 Å². The Balaban J connectivity index is 1.86. The Bertz CT molecular complexity index is 202. The molecule has 13 heavy (non-hydrogen) atoms. The van der Waals surface area contributed by atoms with Crippen LogP contribution in [0.5, 0.6) is 0 Å². The zero-order valence-corrected chi connectivity index (χ0v) is 8.46. The number of carbonyl (C=O) groups excluding carboxylic acids is 1. The van der Waals surface area contributed by atoms with Crippen LogP contribution in [0.15, 0.2) is 0 Å². The summed E-state index contributed by atoms with van der Waals surface area (Å²) in [6.07, 6.45) is 5.75. The van der Waals surface area contributed by atoms with E-state index in [9.17, 15) is 4.79 Å². The highest BCUT2D eigenvalue weighted by molar-refractivity contribution is 5.83. The van der Waals surface area contributed by atoms with Gasteiger partial charge in [-0.3, -0.25) is 9.69 Å². The third-order valence-electron chi connectivity index (χ3n) is 3.58. The van der Waals surface area contributed by atoms with Crippen LogP contribution in [0.25, 0.3) is 0 Å². The molecule has 2 fully saturated rings. The molecular weight excluding hydrogens is 162 g/mol. The zero-order chi connectivity index (χ0) is 9.26. The summed E-state index contributed by atoms with van der Waals surface area (Å²) >= 11 is 0.